The minimum atomic E-state index is -2.09. The average molecular weight is 1200 g/mol. The summed E-state index contributed by atoms with van der Waals surface area (Å²) in [6, 6.07) is -0.649. The SMILES string of the molecule is CO[C@H]1[C@H](OC(C2C(=O)N(c3ccc(F)cc3)C(=O)N2CCCNC(=O)[C@@H](NC(=O)[C@@H](NC(=O)N[C@H](C(=O)O)C(C)C)[C@@H]2CCN=C(N)N2)[C@@H](O)C(C)C)[C@H]2O[C@@H](n3ccc(=O)[nH]c3=O)[C@H](O)[C@@H]2O)O[C@H](CNC(=O)Nc2ccc(F)cc2)[C@H]1O. The van der Waals surface area contributed by atoms with Gasteiger partial charge in [0.2, 0.25) is 11.8 Å². The number of aliphatic imine (C=N–C) groups is 1. The van der Waals surface area contributed by atoms with E-state index < -0.39 is 181 Å². The van der Waals surface area contributed by atoms with Crippen molar-refractivity contribution in [1.29, 1.82) is 0 Å². The number of nitrogens with two attached hydrogens (primary N) is 1. The van der Waals surface area contributed by atoms with E-state index in [9.17, 15) is 72.7 Å². The Bertz CT molecular complexity index is 3050. The molecular weight excluding hydrogens is 1130 g/mol. The number of imide groups is 1. The number of hydrogen-bond donors (Lipinski definition) is 14. The Labute approximate surface area is 482 Å². The second-order valence-corrected chi connectivity index (χ2v) is 21.1. The van der Waals surface area contributed by atoms with Crippen molar-refractivity contribution in [3.63, 3.8) is 0 Å². The molecule has 4 aliphatic rings. The number of guanidine groups is 1. The van der Waals surface area contributed by atoms with Gasteiger partial charge >= 0.3 is 29.8 Å². The van der Waals surface area contributed by atoms with Gasteiger partial charge in [-0.3, -0.25) is 33.7 Å². The monoisotopic (exact) mass is 1200 g/mol. The topological polar surface area (TPSA) is 441 Å². The highest BCUT2D eigenvalue weighted by atomic mass is 19.1. The highest BCUT2D eigenvalue weighted by Gasteiger charge is 2.59. The maximum Gasteiger partial charge on any atom is 0.332 e. The number of carbonyl (C=O) groups excluding carboxylic acids is 6. The van der Waals surface area contributed by atoms with Gasteiger partial charge in [-0.1, -0.05) is 27.7 Å². The molecule has 15 atom stereocenters. The van der Waals surface area contributed by atoms with Crippen LogP contribution in [0.2, 0.25) is 0 Å². The minimum absolute atomic E-state index is 0.0796. The standard InChI is InChI=1S/C52H69F2N13O18/c1-22(2)31(46(76)77)63-50(79)64-32(28-15-18-57-48(55)60-28)43(74)62-33(35(69)23(3)4)42(73)56-17-6-19-65-34(44(75)67(52(65)81)27-13-9-25(54)10-14-27)39(40-37(71)38(72)45(84-40)66-20-16-30(68)61-51(66)80)85-47-41(82-5)36(70)29(83-47)21-58-49(78)59-26-11-7-24(53)8-12-26/h7-14,16,20,22-23,28-29,31-41,45,47,69-72H,6,15,17-19,21H2,1-5H3,(H,56,73)(H,62,74)(H,76,77)(H3,55,57,60)(H2,58,59,78)(H,61,68,80)(H2,63,64,79)/t28-,29+,31-,32-,33-,34?,35-,36+,37-,38+,39?,40-,41+,45+,47-/m0/s1. The number of H-pyrrole nitrogens is 1. The lowest BCUT2D eigenvalue weighted by molar-refractivity contribution is -0.232. The first kappa shape index (κ1) is 64.4. The summed E-state index contributed by atoms with van der Waals surface area (Å²) < 4.78 is 52.9. The molecule has 0 radical (unpaired) electrons. The van der Waals surface area contributed by atoms with E-state index in [1.54, 1.807) is 27.7 Å². The van der Waals surface area contributed by atoms with Crippen LogP contribution in [0.25, 0.3) is 0 Å². The van der Waals surface area contributed by atoms with Crippen molar-refractivity contribution in [3.8, 4) is 0 Å². The van der Waals surface area contributed by atoms with Crippen molar-refractivity contribution >= 4 is 59.1 Å². The van der Waals surface area contributed by atoms with Crippen LogP contribution in [0.1, 0.15) is 46.8 Å². The van der Waals surface area contributed by atoms with E-state index in [4.69, 9.17) is 24.7 Å². The summed E-state index contributed by atoms with van der Waals surface area (Å²) in [6.45, 7) is 5.00. The molecule has 5 heterocycles. The number of ether oxygens (including phenoxy) is 4. The van der Waals surface area contributed by atoms with E-state index in [0.717, 1.165) is 65.2 Å². The number of aliphatic carboxylic acids is 1. The first-order valence-electron chi connectivity index (χ1n) is 27.0. The molecular formula is C52H69F2N13O18. The molecule has 7 rings (SSSR count). The van der Waals surface area contributed by atoms with Crippen LogP contribution in [0.5, 0.6) is 0 Å². The number of carbonyl (C=O) groups is 7. The minimum Gasteiger partial charge on any atom is -0.480 e. The molecule has 31 nitrogen and oxygen atoms in total. The predicted molar refractivity (Wildman–Crippen MR) is 291 cm³/mol. The number of aliphatic hydroxyl groups excluding tert-OH is 4. The van der Waals surface area contributed by atoms with Gasteiger partial charge in [-0.2, -0.15) is 0 Å². The molecule has 3 saturated heterocycles. The van der Waals surface area contributed by atoms with Crippen LogP contribution in [0.3, 0.4) is 0 Å². The lowest BCUT2D eigenvalue weighted by atomic mass is 9.97. The number of anilines is 2. The van der Waals surface area contributed by atoms with Gasteiger partial charge in [0.25, 0.3) is 11.5 Å². The molecule has 0 saturated carbocycles. The summed E-state index contributed by atoms with van der Waals surface area (Å²) in [4.78, 5) is 129. The number of urea groups is 3. The smallest absolute Gasteiger partial charge is 0.332 e. The van der Waals surface area contributed by atoms with E-state index in [-0.39, 0.29) is 43.3 Å². The number of amides is 9. The molecule has 3 aromatic rings. The number of carboxylic acids is 1. The van der Waals surface area contributed by atoms with Crippen LogP contribution >= 0.6 is 0 Å². The van der Waals surface area contributed by atoms with Crippen molar-refractivity contribution in [1.82, 2.24) is 46.4 Å². The van der Waals surface area contributed by atoms with Crippen LogP contribution < -0.4 is 59.1 Å². The molecule has 33 heteroatoms. The molecule has 85 heavy (non-hydrogen) atoms. The number of aromatic nitrogens is 2. The molecule has 1 aromatic heterocycles. The quantitative estimate of drug-likeness (QED) is 0.0315. The normalized spacial score (nSPS) is 25.8. The zero-order valence-electron chi connectivity index (χ0n) is 46.5. The number of halogens is 2. The summed E-state index contributed by atoms with van der Waals surface area (Å²) in [5.74, 6) is -7.10. The van der Waals surface area contributed by atoms with E-state index >= 15 is 4.79 Å². The Hall–Kier alpha value is -8.18. The number of carboxylic acid groups (broad SMARTS) is 1. The van der Waals surface area contributed by atoms with Gasteiger partial charge in [0.15, 0.2) is 18.5 Å². The Morgan fingerprint density at radius 1 is 0.835 bits per heavy atom. The molecule has 9 amide bonds. The number of rotatable bonds is 24. The molecule has 15 N–H and O–H groups in total. The van der Waals surface area contributed by atoms with Gasteiger partial charge in [0, 0.05) is 51.2 Å². The molecule has 0 aliphatic carbocycles. The third-order valence-electron chi connectivity index (χ3n) is 14.5. The summed E-state index contributed by atoms with van der Waals surface area (Å²) in [7, 11) is 1.15. The van der Waals surface area contributed by atoms with Crippen LogP contribution in [-0.2, 0) is 38.1 Å². The number of nitrogens with zero attached hydrogens (tertiary/aromatic N) is 4. The Morgan fingerprint density at radius 2 is 1.51 bits per heavy atom. The number of benzene rings is 2. The van der Waals surface area contributed by atoms with Gasteiger partial charge in [-0.15, -0.1) is 0 Å². The Kier molecular flexibility index (Phi) is 21.3. The summed E-state index contributed by atoms with van der Waals surface area (Å²) in [5.41, 5.74) is 4.02. The highest BCUT2D eigenvalue weighted by Crippen LogP contribution is 2.39. The van der Waals surface area contributed by atoms with E-state index in [2.05, 4.69) is 42.2 Å². The number of aromatic amines is 1. The van der Waals surface area contributed by atoms with Crippen molar-refractivity contribution in [2.45, 2.75) is 132 Å². The molecule has 464 valence electrons. The van der Waals surface area contributed by atoms with Crippen molar-refractivity contribution in [2.24, 2.45) is 22.6 Å². The van der Waals surface area contributed by atoms with Crippen molar-refractivity contribution in [2.75, 3.05) is 43.5 Å². The molecule has 3 fully saturated rings. The van der Waals surface area contributed by atoms with E-state index in [1.165, 1.54) is 12.1 Å². The lowest BCUT2D eigenvalue weighted by Gasteiger charge is -2.36. The molecule has 0 bridgehead atoms. The second-order valence-electron chi connectivity index (χ2n) is 21.1. The third kappa shape index (κ3) is 15.2. The van der Waals surface area contributed by atoms with Crippen LogP contribution in [0.15, 0.2) is 75.4 Å². The molecule has 2 aromatic carbocycles. The van der Waals surface area contributed by atoms with Crippen LogP contribution in [0.4, 0.5) is 34.5 Å². The summed E-state index contributed by atoms with van der Waals surface area (Å²) >= 11 is 0. The van der Waals surface area contributed by atoms with Crippen molar-refractivity contribution in [3.05, 3.63) is 93.3 Å². The highest BCUT2D eigenvalue weighted by molar-refractivity contribution is 6.21. The van der Waals surface area contributed by atoms with Crippen LogP contribution in [0, 0.1) is 23.5 Å². The molecule has 0 spiro atoms. The maximum absolute atomic E-state index is 15.1. The van der Waals surface area contributed by atoms with Crippen LogP contribution in [-0.4, -0.2) is 206 Å². The van der Waals surface area contributed by atoms with Gasteiger partial charge < -0.3 is 92.3 Å². The third-order valence-corrected chi connectivity index (χ3v) is 14.5. The number of methoxy groups -OCH3 is 1. The maximum atomic E-state index is 15.1. The first-order valence-corrected chi connectivity index (χ1v) is 27.0. The summed E-state index contributed by atoms with van der Waals surface area (Å²) in [6.07, 6.45) is -16.8. The fraction of sp³-hybridized carbons (Fsp3) is 0.538. The zero-order valence-corrected chi connectivity index (χ0v) is 46.5. The van der Waals surface area contributed by atoms with Gasteiger partial charge in [-0.25, -0.2) is 37.7 Å². The molecule has 2 unspecified atom stereocenters. The van der Waals surface area contributed by atoms with Crippen molar-refractivity contribution < 1.29 is 86.8 Å². The lowest BCUT2D eigenvalue weighted by Crippen LogP contribution is -2.66. The van der Waals surface area contributed by atoms with Gasteiger partial charge in [-0.05, 0) is 73.2 Å². The number of nitrogens with one attached hydrogen (secondary N) is 8. The average Bonchev–Trinajstić information content (AvgIpc) is 1.97. The number of hydrogen-bond acceptors (Lipinski definition) is 20. The fourth-order valence-corrected chi connectivity index (χ4v) is 10.00. The van der Waals surface area contributed by atoms with E-state index in [0.29, 0.717) is 4.90 Å². The second kappa shape index (κ2) is 28.1. The van der Waals surface area contributed by atoms with Gasteiger partial charge in [0.1, 0.15) is 78.5 Å². The Balaban J connectivity index is 1.16. The first-order chi connectivity index (χ1) is 40.3. The zero-order chi connectivity index (χ0) is 62.1. The number of aliphatic hydroxyl groups is 4. The fourth-order valence-electron chi connectivity index (χ4n) is 10.00. The van der Waals surface area contributed by atoms with Gasteiger partial charge in [0.05, 0.1) is 17.8 Å². The van der Waals surface area contributed by atoms with E-state index in [1.807, 2.05) is 4.98 Å². The Morgan fingerprint density at radius 3 is 2.12 bits per heavy atom. The largest absolute Gasteiger partial charge is 0.480 e. The summed E-state index contributed by atoms with van der Waals surface area (Å²) in [5, 5.41) is 73.5. The molecule has 4 aliphatic heterocycles. The predicted octanol–water partition coefficient (Wildman–Crippen LogP) is -2.96.